The van der Waals surface area contributed by atoms with Gasteiger partial charge in [0, 0.05) is 42.9 Å². The molecule has 6 heteroatoms. The molecular formula is C22H24N4O2. The molecule has 2 aliphatic rings. The Morgan fingerprint density at radius 3 is 2.79 bits per heavy atom. The van der Waals surface area contributed by atoms with Crippen LogP contribution in [0.1, 0.15) is 37.4 Å². The quantitative estimate of drug-likeness (QED) is 0.875. The highest BCUT2D eigenvalue weighted by molar-refractivity contribution is 5.74. The first-order valence-electron chi connectivity index (χ1n) is 9.76. The zero-order valence-corrected chi connectivity index (χ0v) is 16.2. The average Bonchev–Trinajstić information content (AvgIpc) is 2.68. The van der Waals surface area contributed by atoms with E-state index in [1.807, 2.05) is 41.5 Å². The lowest BCUT2D eigenvalue weighted by atomic mass is 9.83. The van der Waals surface area contributed by atoms with Gasteiger partial charge >= 0.3 is 6.03 Å². The smallest absolute Gasteiger partial charge is 0.317 e. The molecule has 2 amide bonds. The maximum atomic E-state index is 13.2. The summed E-state index contributed by atoms with van der Waals surface area (Å²) in [5.41, 5.74) is 2.93. The van der Waals surface area contributed by atoms with Gasteiger partial charge in [0.15, 0.2) is 0 Å². The molecular weight excluding hydrogens is 352 g/mol. The SMILES string of the molecule is CC(C)NC(=O)N1C[C@@H]2C[C@H](C1)c1ccc(-c3cccc(C#N)c3)c(=O)n1C2. The predicted octanol–water partition coefficient (Wildman–Crippen LogP) is 2.92. The summed E-state index contributed by atoms with van der Waals surface area (Å²) in [5, 5.41) is 12.1. The van der Waals surface area contributed by atoms with Crippen LogP contribution >= 0.6 is 0 Å². The van der Waals surface area contributed by atoms with Gasteiger partial charge < -0.3 is 14.8 Å². The summed E-state index contributed by atoms with van der Waals surface area (Å²) in [7, 11) is 0. The van der Waals surface area contributed by atoms with Crippen molar-refractivity contribution in [3.63, 3.8) is 0 Å². The number of aromatic nitrogens is 1. The molecule has 2 aliphatic heterocycles. The molecule has 0 spiro atoms. The minimum atomic E-state index is -0.0227. The highest BCUT2D eigenvalue weighted by atomic mass is 16.2. The van der Waals surface area contributed by atoms with E-state index in [1.165, 1.54) is 0 Å². The fraction of sp³-hybridized carbons (Fsp3) is 0.409. The van der Waals surface area contributed by atoms with Gasteiger partial charge in [-0.3, -0.25) is 4.79 Å². The second kappa shape index (κ2) is 7.16. The lowest BCUT2D eigenvalue weighted by molar-refractivity contribution is 0.130. The number of nitrogens with one attached hydrogen (secondary N) is 1. The number of carbonyl (C=O) groups excluding carboxylic acids is 1. The van der Waals surface area contributed by atoms with E-state index in [-0.39, 0.29) is 29.5 Å². The standard InChI is InChI=1S/C22H24N4O2/c1-14(2)24-22(28)25-11-16-9-18(13-25)20-7-6-19(21(27)26(20)12-16)17-5-3-4-15(8-17)10-23/h3-8,14,16,18H,9,11-13H2,1-2H3,(H,24,28)/t16-,18+/m0/s1. The van der Waals surface area contributed by atoms with E-state index in [4.69, 9.17) is 5.26 Å². The van der Waals surface area contributed by atoms with Gasteiger partial charge in [-0.15, -0.1) is 0 Å². The molecule has 4 rings (SSSR count). The molecule has 1 aromatic heterocycles. The van der Waals surface area contributed by atoms with Gasteiger partial charge in [0.2, 0.25) is 0 Å². The molecule has 28 heavy (non-hydrogen) atoms. The monoisotopic (exact) mass is 376 g/mol. The van der Waals surface area contributed by atoms with Crippen LogP contribution in [0.5, 0.6) is 0 Å². The molecule has 0 aliphatic carbocycles. The number of nitriles is 1. The van der Waals surface area contributed by atoms with Crippen LogP contribution in [0.3, 0.4) is 0 Å². The molecule has 0 radical (unpaired) electrons. The summed E-state index contributed by atoms with van der Waals surface area (Å²) >= 11 is 0. The fourth-order valence-electron chi connectivity index (χ4n) is 4.43. The lowest BCUT2D eigenvalue weighted by Crippen LogP contribution is -2.52. The fourth-order valence-corrected chi connectivity index (χ4v) is 4.43. The number of amides is 2. The van der Waals surface area contributed by atoms with Crippen LogP contribution in [0.4, 0.5) is 4.79 Å². The summed E-state index contributed by atoms with van der Waals surface area (Å²) in [6, 6.07) is 13.2. The molecule has 2 bridgehead atoms. The Labute approximate surface area is 164 Å². The van der Waals surface area contributed by atoms with Gasteiger partial charge in [0.1, 0.15) is 0 Å². The van der Waals surface area contributed by atoms with Crippen molar-refractivity contribution >= 4 is 6.03 Å². The van der Waals surface area contributed by atoms with Gasteiger partial charge in [-0.1, -0.05) is 12.1 Å². The molecule has 1 N–H and O–H groups in total. The predicted molar refractivity (Wildman–Crippen MR) is 107 cm³/mol. The average molecular weight is 376 g/mol. The van der Waals surface area contributed by atoms with Crippen LogP contribution in [0, 0.1) is 17.2 Å². The van der Waals surface area contributed by atoms with Crippen LogP contribution in [0.2, 0.25) is 0 Å². The number of likely N-dealkylation sites (tertiary alicyclic amines) is 1. The van der Waals surface area contributed by atoms with Gasteiger partial charge in [0.25, 0.3) is 5.56 Å². The first-order chi connectivity index (χ1) is 13.5. The number of hydrogen-bond acceptors (Lipinski definition) is 3. The van der Waals surface area contributed by atoms with Crippen molar-refractivity contribution in [3.05, 3.63) is 58.0 Å². The number of nitrogens with zero attached hydrogens (tertiary/aromatic N) is 3. The van der Waals surface area contributed by atoms with Gasteiger partial charge in [-0.25, -0.2) is 4.79 Å². The largest absolute Gasteiger partial charge is 0.336 e. The molecule has 0 saturated carbocycles. The van der Waals surface area contributed by atoms with Crippen molar-refractivity contribution in [2.75, 3.05) is 13.1 Å². The van der Waals surface area contributed by atoms with Crippen molar-refractivity contribution in [1.82, 2.24) is 14.8 Å². The molecule has 6 nitrogen and oxygen atoms in total. The van der Waals surface area contributed by atoms with Crippen LogP contribution in [-0.4, -0.2) is 34.6 Å². The van der Waals surface area contributed by atoms with E-state index >= 15 is 0 Å². The molecule has 2 aromatic rings. The summed E-state index contributed by atoms with van der Waals surface area (Å²) in [4.78, 5) is 27.5. The van der Waals surface area contributed by atoms with Crippen molar-refractivity contribution in [1.29, 1.82) is 5.26 Å². The molecule has 1 fully saturated rings. The van der Waals surface area contributed by atoms with Crippen molar-refractivity contribution in [2.45, 2.75) is 38.8 Å². The van der Waals surface area contributed by atoms with Crippen LogP contribution < -0.4 is 10.9 Å². The van der Waals surface area contributed by atoms with Gasteiger partial charge in [-0.2, -0.15) is 5.26 Å². The summed E-state index contributed by atoms with van der Waals surface area (Å²) < 4.78 is 1.88. The third-order valence-corrected chi connectivity index (χ3v) is 5.61. The Morgan fingerprint density at radius 1 is 1.21 bits per heavy atom. The molecule has 3 heterocycles. The number of urea groups is 1. The first-order valence-corrected chi connectivity index (χ1v) is 9.76. The highest BCUT2D eigenvalue weighted by Gasteiger charge is 2.36. The second-order valence-corrected chi connectivity index (χ2v) is 8.09. The van der Waals surface area contributed by atoms with E-state index in [0.29, 0.717) is 30.8 Å². The molecule has 1 aromatic carbocycles. The van der Waals surface area contributed by atoms with Crippen molar-refractivity contribution < 1.29 is 4.79 Å². The highest BCUT2D eigenvalue weighted by Crippen LogP contribution is 2.35. The topological polar surface area (TPSA) is 78.1 Å². The number of carbonyl (C=O) groups is 1. The van der Waals surface area contributed by atoms with Crippen LogP contribution in [0.15, 0.2) is 41.2 Å². The zero-order chi connectivity index (χ0) is 19.8. The van der Waals surface area contributed by atoms with E-state index < -0.39 is 0 Å². The summed E-state index contributed by atoms with van der Waals surface area (Å²) in [5.74, 6) is 0.458. The minimum Gasteiger partial charge on any atom is -0.336 e. The Morgan fingerprint density at radius 2 is 2.04 bits per heavy atom. The third kappa shape index (κ3) is 3.29. The third-order valence-electron chi connectivity index (χ3n) is 5.61. The Balaban J connectivity index is 1.66. The van der Waals surface area contributed by atoms with Gasteiger partial charge in [0.05, 0.1) is 11.6 Å². The number of fused-ring (bicyclic) bond motifs is 4. The molecule has 1 saturated heterocycles. The lowest BCUT2D eigenvalue weighted by Gasteiger charge is -2.43. The number of benzene rings is 1. The first kappa shape index (κ1) is 18.3. The van der Waals surface area contributed by atoms with E-state index in [0.717, 1.165) is 17.7 Å². The zero-order valence-electron chi connectivity index (χ0n) is 16.2. The Bertz CT molecular complexity index is 1020. The number of rotatable bonds is 2. The van der Waals surface area contributed by atoms with Crippen molar-refractivity contribution in [2.24, 2.45) is 5.92 Å². The summed E-state index contributed by atoms with van der Waals surface area (Å²) in [6.45, 7) is 5.86. The molecule has 0 unspecified atom stereocenters. The van der Waals surface area contributed by atoms with E-state index in [2.05, 4.69) is 11.4 Å². The van der Waals surface area contributed by atoms with Gasteiger partial charge in [-0.05, 0) is 56.0 Å². The maximum absolute atomic E-state index is 13.2. The number of pyridine rings is 1. The molecule has 144 valence electrons. The Hall–Kier alpha value is -3.07. The summed E-state index contributed by atoms with van der Waals surface area (Å²) in [6.07, 6.45) is 1.01. The van der Waals surface area contributed by atoms with Crippen LogP contribution in [0.25, 0.3) is 11.1 Å². The van der Waals surface area contributed by atoms with E-state index in [1.54, 1.807) is 18.2 Å². The van der Waals surface area contributed by atoms with E-state index in [9.17, 15) is 9.59 Å². The molecule has 2 atom stereocenters. The normalized spacial score (nSPS) is 20.4. The number of piperidine rings is 1. The maximum Gasteiger partial charge on any atom is 0.317 e. The second-order valence-electron chi connectivity index (χ2n) is 8.09. The Kier molecular flexibility index (Phi) is 4.68. The number of hydrogen-bond donors (Lipinski definition) is 1. The van der Waals surface area contributed by atoms with Crippen LogP contribution in [-0.2, 0) is 6.54 Å². The van der Waals surface area contributed by atoms with Crippen molar-refractivity contribution in [3.8, 4) is 17.2 Å². The minimum absolute atomic E-state index is 0.0117.